The molecule has 2 fully saturated rings. The topological polar surface area (TPSA) is 75.4 Å². The second-order valence-corrected chi connectivity index (χ2v) is 8.93. The van der Waals surface area contributed by atoms with Crippen molar-refractivity contribution in [3.05, 3.63) is 64.4 Å². The molecule has 0 spiro atoms. The van der Waals surface area contributed by atoms with Gasteiger partial charge in [-0.2, -0.15) is 0 Å². The van der Waals surface area contributed by atoms with Crippen molar-refractivity contribution < 1.29 is 14.0 Å². The molecule has 0 radical (unpaired) electrons. The summed E-state index contributed by atoms with van der Waals surface area (Å²) in [6.07, 6.45) is 5.83. The average Bonchev–Trinajstić information content (AvgIpc) is 3.60. The number of hydrogen-bond acceptors (Lipinski definition) is 3. The number of amides is 2. The van der Waals surface area contributed by atoms with Gasteiger partial charge in [0.25, 0.3) is 5.91 Å². The van der Waals surface area contributed by atoms with Gasteiger partial charge in [0.15, 0.2) is 0 Å². The Kier molecular flexibility index (Phi) is 6.58. The summed E-state index contributed by atoms with van der Waals surface area (Å²) < 4.78 is 13.1. The zero-order chi connectivity index (χ0) is 22.0. The molecule has 2 saturated carbocycles. The summed E-state index contributed by atoms with van der Waals surface area (Å²) in [6, 6.07) is 10.6. The Morgan fingerprint density at radius 1 is 1.06 bits per heavy atom. The Bertz CT molecular complexity index is 962. The molecular formula is C24H27ClFN3O2. The zero-order valence-corrected chi connectivity index (χ0v) is 18.1. The van der Waals surface area contributed by atoms with E-state index in [0.29, 0.717) is 22.8 Å². The van der Waals surface area contributed by atoms with E-state index in [1.165, 1.54) is 24.3 Å². The van der Waals surface area contributed by atoms with Gasteiger partial charge in [0.2, 0.25) is 5.91 Å². The van der Waals surface area contributed by atoms with Crippen LogP contribution in [-0.4, -0.2) is 28.8 Å². The summed E-state index contributed by atoms with van der Waals surface area (Å²) in [4.78, 5) is 27.5. The van der Waals surface area contributed by atoms with Gasteiger partial charge in [-0.3, -0.25) is 9.59 Å². The lowest BCUT2D eigenvalue weighted by Crippen LogP contribution is -2.52. The van der Waals surface area contributed by atoms with E-state index >= 15 is 0 Å². The van der Waals surface area contributed by atoms with Crippen molar-refractivity contribution in [3.8, 4) is 0 Å². The van der Waals surface area contributed by atoms with E-state index in [2.05, 4.69) is 5.32 Å². The lowest BCUT2D eigenvalue weighted by Gasteiger charge is -2.39. The molecule has 164 valence electrons. The minimum atomic E-state index is -0.397. The molecule has 0 heterocycles. The van der Waals surface area contributed by atoms with E-state index in [-0.39, 0.29) is 29.8 Å². The van der Waals surface area contributed by atoms with E-state index in [9.17, 15) is 14.0 Å². The maximum Gasteiger partial charge on any atom is 0.255 e. The Labute approximate surface area is 186 Å². The molecule has 2 aliphatic carbocycles. The number of anilines is 1. The van der Waals surface area contributed by atoms with Gasteiger partial charge in [-0.15, -0.1) is 0 Å². The van der Waals surface area contributed by atoms with Crippen molar-refractivity contribution in [1.29, 1.82) is 0 Å². The lowest BCUT2D eigenvalue weighted by molar-refractivity contribution is -0.136. The SMILES string of the molecule is NC1CCCCC1N(Cc1cc(NC(=O)c2ccc(F)cc2)ccc1Cl)C(=O)C1CC1. The molecule has 2 unspecified atom stereocenters. The molecule has 2 amide bonds. The Balaban J connectivity index is 1.53. The second-order valence-electron chi connectivity index (χ2n) is 8.52. The van der Waals surface area contributed by atoms with Crippen molar-refractivity contribution in [2.75, 3.05) is 5.32 Å². The number of rotatable bonds is 6. The van der Waals surface area contributed by atoms with E-state index in [0.717, 1.165) is 44.1 Å². The molecule has 2 aromatic rings. The predicted octanol–water partition coefficient (Wildman–Crippen LogP) is 4.74. The van der Waals surface area contributed by atoms with Crippen LogP contribution >= 0.6 is 11.6 Å². The minimum Gasteiger partial charge on any atom is -0.334 e. The van der Waals surface area contributed by atoms with Crippen LogP contribution in [0.25, 0.3) is 0 Å². The molecular weight excluding hydrogens is 417 g/mol. The molecule has 7 heteroatoms. The van der Waals surface area contributed by atoms with Gasteiger partial charge in [0, 0.05) is 40.8 Å². The minimum absolute atomic E-state index is 0.00961. The van der Waals surface area contributed by atoms with Crippen LogP contribution in [0.3, 0.4) is 0 Å². The molecule has 31 heavy (non-hydrogen) atoms. The van der Waals surface area contributed by atoms with Crippen molar-refractivity contribution in [1.82, 2.24) is 4.90 Å². The molecule has 0 saturated heterocycles. The molecule has 4 rings (SSSR count). The van der Waals surface area contributed by atoms with Gasteiger partial charge < -0.3 is 16.0 Å². The summed E-state index contributed by atoms with van der Waals surface area (Å²) in [5.74, 6) is -0.492. The molecule has 0 bridgehead atoms. The zero-order valence-electron chi connectivity index (χ0n) is 17.3. The first-order chi connectivity index (χ1) is 14.9. The lowest BCUT2D eigenvalue weighted by atomic mass is 9.89. The van der Waals surface area contributed by atoms with Crippen LogP contribution in [0, 0.1) is 11.7 Å². The molecule has 0 aliphatic heterocycles. The molecule has 2 aliphatic rings. The Morgan fingerprint density at radius 2 is 1.77 bits per heavy atom. The fourth-order valence-electron chi connectivity index (χ4n) is 4.21. The summed E-state index contributed by atoms with van der Waals surface area (Å²) in [5.41, 5.74) is 8.09. The Morgan fingerprint density at radius 3 is 2.45 bits per heavy atom. The number of carbonyl (C=O) groups is 2. The maximum atomic E-state index is 13.1. The average molecular weight is 444 g/mol. The highest BCUT2D eigenvalue weighted by Gasteiger charge is 2.38. The number of benzene rings is 2. The van der Waals surface area contributed by atoms with Crippen LogP contribution < -0.4 is 11.1 Å². The van der Waals surface area contributed by atoms with Gasteiger partial charge in [0.1, 0.15) is 5.82 Å². The van der Waals surface area contributed by atoms with Crippen molar-refractivity contribution in [2.24, 2.45) is 11.7 Å². The van der Waals surface area contributed by atoms with Gasteiger partial charge in [-0.1, -0.05) is 24.4 Å². The summed E-state index contributed by atoms with van der Waals surface area (Å²) in [7, 11) is 0. The van der Waals surface area contributed by atoms with Gasteiger partial charge >= 0.3 is 0 Å². The Hall–Kier alpha value is -2.44. The highest BCUT2D eigenvalue weighted by atomic mass is 35.5. The quantitative estimate of drug-likeness (QED) is 0.677. The standard InChI is InChI=1S/C24H27ClFN3O2/c25-20-12-11-19(28-23(30)15-7-9-18(26)10-8-15)13-17(20)14-29(24(31)16-5-6-16)22-4-2-1-3-21(22)27/h7-13,16,21-22H,1-6,14,27H2,(H,28,30). The summed E-state index contributed by atoms with van der Waals surface area (Å²) in [6.45, 7) is 0.368. The molecule has 2 aromatic carbocycles. The smallest absolute Gasteiger partial charge is 0.255 e. The number of carbonyl (C=O) groups excluding carboxylic acids is 2. The van der Waals surface area contributed by atoms with E-state index in [1.807, 2.05) is 4.90 Å². The first kappa shape index (κ1) is 21.8. The molecule has 3 N–H and O–H groups in total. The predicted molar refractivity (Wildman–Crippen MR) is 119 cm³/mol. The van der Waals surface area contributed by atoms with E-state index < -0.39 is 5.82 Å². The van der Waals surface area contributed by atoms with Crippen LogP contribution in [0.1, 0.15) is 54.4 Å². The number of hydrogen-bond donors (Lipinski definition) is 2. The highest BCUT2D eigenvalue weighted by Crippen LogP contribution is 2.35. The van der Waals surface area contributed by atoms with Crippen LogP contribution in [0.5, 0.6) is 0 Å². The normalized spacial score (nSPS) is 20.9. The van der Waals surface area contributed by atoms with Crippen molar-refractivity contribution in [2.45, 2.75) is 57.2 Å². The second kappa shape index (κ2) is 9.37. The van der Waals surface area contributed by atoms with E-state index in [1.54, 1.807) is 18.2 Å². The number of halogens is 2. The molecule has 0 aromatic heterocycles. The van der Waals surface area contributed by atoms with Gasteiger partial charge in [-0.25, -0.2) is 4.39 Å². The maximum absolute atomic E-state index is 13.1. The number of nitrogens with two attached hydrogens (primary N) is 1. The third-order valence-electron chi connectivity index (χ3n) is 6.14. The van der Waals surface area contributed by atoms with Gasteiger partial charge in [-0.05, 0) is 73.7 Å². The largest absolute Gasteiger partial charge is 0.334 e. The highest BCUT2D eigenvalue weighted by molar-refractivity contribution is 6.31. The van der Waals surface area contributed by atoms with Crippen LogP contribution in [0.4, 0.5) is 10.1 Å². The van der Waals surface area contributed by atoms with Crippen LogP contribution in [-0.2, 0) is 11.3 Å². The number of nitrogens with one attached hydrogen (secondary N) is 1. The van der Waals surface area contributed by atoms with Crippen molar-refractivity contribution >= 4 is 29.1 Å². The third kappa shape index (κ3) is 5.25. The number of nitrogens with zero attached hydrogens (tertiary/aromatic N) is 1. The summed E-state index contributed by atoms with van der Waals surface area (Å²) in [5, 5.41) is 3.36. The first-order valence-corrected chi connectivity index (χ1v) is 11.2. The van der Waals surface area contributed by atoms with Crippen LogP contribution in [0.2, 0.25) is 5.02 Å². The first-order valence-electron chi connectivity index (χ1n) is 10.8. The van der Waals surface area contributed by atoms with Crippen molar-refractivity contribution in [3.63, 3.8) is 0 Å². The van der Waals surface area contributed by atoms with Gasteiger partial charge in [0.05, 0.1) is 0 Å². The molecule has 5 nitrogen and oxygen atoms in total. The fraction of sp³-hybridized carbons (Fsp3) is 0.417. The van der Waals surface area contributed by atoms with Crippen LogP contribution in [0.15, 0.2) is 42.5 Å². The monoisotopic (exact) mass is 443 g/mol. The van der Waals surface area contributed by atoms with E-state index in [4.69, 9.17) is 17.3 Å². The fourth-order valence-corrected chi connectivity index (χ4v) is 4.39. The summed E-state index contributed by atoms with van der Waals surface area (Å²) >= 11 is 6.46. The third-order valence-corrected chi connectivity index (χ3v) is 6.51. The molecule has 2 atom stereocenters.